The van der Waals surface area contributed by atoms with Gasteiger partial charge in [-0.1, -0.05) is 6.08 Å². The Morgan fingerprint density at radius 3 is 2.08 bits per heavy atom. The van der Waals surface area contributed by atoms with Gasteiger partial charge in [-0.05, 0) is 25.2 Å². The molecule has 2 unspecified atom stereocenters. The fraction of sp³-hybridized carbons (Fsp3) is 0.750. The molecule has 1 aliphatic carbocycles. The maximum absolute atomic E-state index is 9.19. The molecule has 1 saturated carbocycles. The molecule has 2 N–H and O–H groups in total. The molecule has 0 saturated heterocycles. The van der Waals surface area contributed by atoms with Crippen molar-refractivity contribution in [1.29, 1.82) is 0 Å². The van der Waals surface area contributed by atoms with Gasteiger partial charge >= 0.3 is 0 Å². The Morgan fingerprint density at radius 2 is 2.00 bits per heavy atom. The Bertz CT molecular complexity index is 237. The summed E-state index contributed by atoms with van der Waals surface area (Å²) in [5, 5.41) is 8.99. The van der Waals surface area contributed by atoms with Crippen molar-refractivity contribution in [1.82, 2.24) is 0 Å². The lowest BCUT2D eigenvalue weighted by molar-refractivity contribution is 0.0259. The van der Waals surface area contributed by atoms with Crippen molar-refractivity contribution in [3.63, 3.8) is 0 Å². The lowest BCUT2D eigenvalue weighted by Gasteiger charge is -2.31. The van der Waals surface area contributed by atoms with Gasteiger partial charge in [0.05, 0.1) is 12.4 Å². The lowest BCUT2D eigenvalue weighted by atomic mass is 9.80. The Labute approximate surface area is 79.0 Å². The zero-order valence-electron chi connectivity index (χ0n) is 7.68. The van der Waals surface area contributed by atoms with E-state index in [2.05, 4.69) is 6.58 Å². The largest absolute Gasteiger partial charge is 0.393 e. The Balaban J connectivity index is 0.000000252. The van der Waals surface area contributed by atoms with E-state index in [4.69, 9.17) is 9.66 Å². The van der Waals surface area contributed by atoms with Gasteiger partial charge < -0.3 is 5.11 Å². The number of rotatable bonds is 2. The highest BCUT2D eigenvalue weighted by Gasteiger charge is 2.26. The van der Waals surface area contributed by atoms with Crippen LogP contribution in [-0.4, -0.2) is 30.4 Å². The Kier molecular flexibility index (Phi) is 5.20. The van der Waals surface area contributed by atoms with E-state index < -0.39 is 10.1 Å². The third kappa shape index (κ3) is 7.95. The molecule has 0 aromatic rings. The van der Waals surface area contributed by atoms with Gasteiger partial charge in [0.1, 0.15) is 0 Å². The van der Waals surface area contributed by atoms with Crippen LogP contribution in [0.15, 0.2) is 12.7 Å². The van der Waals surface area contributed by atoms with Gasteiger partial charge in [-0.15, -0.1) is 6.58 Å². The molecule has 0 amide bonds. The third-order valence-electron chi connectivity index (χ3n) is 1.85. The van der Waals surface area contributed by atoms with Crippen molar-refractivity contribution in [3.05, 3.63) is 12.7 Å². The highest BCUT2D eigenvalue weighted by Crippen LogP contribution is 2.29. The standard InChI is InChI=1S/C7H12O.CH4O3S/c1-2-3-6-4-5-7(6)8;1-5(2,3)4/h2,6-8H,1,3-5H2;1H3,(H,2,3,4). The second-order valence-corrected chi connectivity index (χ2v) is 4.63. The maximum Gasteiger partial charge on any atom is 0.261 e. The predicted molar refractivity (Wildman–Crippen MR) is 51.0 cm³/mol. The van der Waals surface area contributed by atoms with Gasteiger partial charge in [-0.3, -0.25) is 4.55 Å². The average molecular weight is 208 g/mol. The molecule has 0 spiro atoms. The monoisotopic (exact) mass is 208 g/mol. The SMILES string of the molecule is C=CCC1CCC1O.CS(=O)(=O)O. The minimum atomic E-state index is -3.67. The molecule has 0 aromatic carbocycles. The van der Waals surface area contributed by atoms with E-state index in [9.17, 15) is 8.42 Å². The molecule has 0 bridgehead atoms. The summed E-state index contributed by atoms with van der Waals surface area (Å²) in [6.07, 6.45) is 5.75. The van der Waals surface area contributed by atoms with E-state index in [1.54, 1.807) is 0 Å². The van der Waals surface area contributed by atoms with Crippen LogP contribution in [0.2, 0.25) is 0 Å². The van der Waals surface area contributed by atoms with Crippen LogP contribution in [0.3, 0.4) is 0 Å². The zero-order chi connectivity index (χ0) is 10.5. The normalized spacial score (nSPS) is 26.7. The fourth-order valence-electron chi connectivity index (χ4n) is 1.04. The van der Waals surface area contributed by atoms with Crippen molar-refractivity contribution in [2.45, 2.75) is 25.4 Å². The van der Waals surface area contributed by atoms with Crippen molar-refractivity contribution in [2.24, 2.45) is 5.92 Å². The topological polar surface area (TPSA) is 74.6 Å². The highest BCUT2D eigenvalue weighted by atomic mass is 32.2. The fourth-order valence-corrected chi connectivity index (χ4v) is 1.04. The summed E-state index contributed by atoms with van der Waals surface area (Å²) in [5.74, 6) is 0.535. The van der Waals surface area contributed by atoms with Crippen LogP contribution < -0.4 is 0 Å². The molecule has 1 fully saturated rings. The number of aliphatic hydroxyl groups excluding tert-OH is 1. The molecule has 0 heterocycles. The van der Waals surface area contributed by atoms with Crippen LogP contribution in [0, 0.1) is 5.92 Å². The summed E-state index contributed by atoms with van der Waals surface area (Å²) >= 11 is 0. The lowest BCUT2D eigenvalue weighted by Crippen LogP contribution is -2.30. The van der Waals surface area contributed by atoms with Gasteiger partial charge in [0, 0.05) is 0 Å². The molecule has 78 valence electrons. The van der Waals surface area contributed by atoms with Crippen molar-refractivity contribution < 1.29 is 18.1 Å². The summed E-state index contributed by atoms with van der Waals surface area (Å²) in [6.45, 7) is 3.61. The first-order valence-electron chi connectivity index (χ1n) is 4.06. The molecule has 5 heteroatoms. The van der Waals surface area contributed by atoms with Crippen LogP contribution in [0.4, 0.5) is 0 Å². The van der Waals surface area contributed by atoms with Crippen LogP contribution in [-0.2, 0) is 10.1 Å². The van der Waals surface area contributed by atoms with Crippen molar-refractivity contribution in [2.75, 3.05) is 6.26 Å². The van der Waals surface area contributed by atoms with Gasteiger partial charge in [-0.2, -0.15) is 8.42 Å². The molecule has 2 atom stereocenters. The second-order valence-electron chi connectivity index (χ2n) is 3.16. The summed E-state index contributed by atoms with van der Waals surface area (Å²) < 4.78 is 25.9. The zero-order valence-corrected chi connectivity index (χ0v) is 8.50. The molecule has 0 radical (unpaired) electrons. The molecular weight excluding hydrogens is 192 g/mol. The Hall–Kier alpha value is -0.390. The van der Waals surface area contributed by atoms with Gasteiger partial charge in [-0.25, -0.2) is 0 Å². The molecule has 0 aromatic heterocycles. The molecular formula is C8H16O4S. The number of hydrogen-bond donors (Lipinski definition) is 2. The smallest absolute Gasteiger partial charge is 0.261 e. The molecule has 13 heavy (non-hydrogen) atoms. The number of allylic oxidation sites excluding steroid dienone is 1. The van der Waals surface area contributed by atoms with Gasteiger partial charge in [0.2, 0.25) is 0 Å². The maximum atomic E-state index is 9.19. The third-order valence-corrected chi connectivity index (χ3v) is 1.85. The highest BCUT2D eigenvalue weighted by molar-refractivity contribution is 7.85. The van der Waals surface area contributed by atoms with Crippen LogP contribution in [0.5, 0.6) is 0 Å². The minimum absolute atomic E-state index is 0.0204. The van der Waals surface area contributed by atoms with Gasteiger partial charge in [0.15, 0.2) is 0 Å². The van der Waals surface area contributed by atoms with Crippen LogP contribution in [0.25, 0.3) is 0 Å². The van der Waals surface area contributed by atoms with E-state index in [1.807, 2.05) is 6.08 Å². The quantitative estimate of drug-likeness (QED) is 0.521. The summed E-state index contributed by atoms with van der Waals surface area (Å²) in [6, 6.07) is 0. The van der Waals surface area contributed by atoms with E-state index in [0.29, 0.717) is 12.2 Å². The van der Waals surface area contributed by atoms with Crippen LogP contribution >= 0.6 is 0 Å². The molecule has 4 nitrogen and oxygen atoms in total. The van der Waals surface area contributed by atoms with E-state index in [0.717, 1.165) is 12.8 Å². The first-order valence-corrected chi connectivity index (χ1v) is 5.91. The van der Waals surface area contributed by atoms with E-state index >= 15 is 0 Å². The molecule has 0 aliphatic heterocycles. The molecule has 1 aliphatic rings. The number of hydrogen-bond acceptors (Lipinski definition) is 3. The second kappa shape index (κ2) is 5.36. The van der Waals surface area contributed by atoms with Crippen molar-refractivity contribution in [3.8, 4) is 0 Å². The molecule has 1 rings (SSSR count). The summed E-state index contributed by atoms with van der Waals surface area (Å²) in [5.41, 5.74) is 0. The van der Waals surface area contributed by atoms with E-state index in [-0.39, 0.29) is 6.10 Å². The Morgan fingerprint density at radius 1 is 1.54 bits per heavy atom. The minimum Gasteiger partial charge on any atom is -0.393 e. The average Bonchev–Trinajstić information content (AvgIpc) is 1.94. The first-order chi connectivity index (χ1) is 5.84. The summed E-state index contributed by atoms with van der Waals surface area (Å²) in [7, 11) is -3.67. The van der Waals surface area contributed by atoms with E-state index in [1.165, 1.54) is 6.42 Å². The number of aliphatic hydroxyl groups is 1. The predicted octanol–water partition coefficient (Wildman–Crippen LogP) is 0.837. The summed E-state index contributed by atoms with van der Waals surface area (Å²) in [4.78, 5) is 0. The first kappa shape index (κ1) is 12.6. The van der Waals surface area contributed by atoms with Crippen LogP contribution in [0.1, 0.15) is 19.3 Å². The van der Waals surface area contributed by atoms with Gasteiger partial charge in [0.25, 0.3) is 10.1 Å². The van der Waals surface area contributed by atoms with Crippen molar-refractivity contribution >= 4 is 10.1 Å².